The Kier molecular flexibility index (Phi) is 3.33. The number of phenolic OH excluding ortho intramolecular Hbond substituents is 1. The third-order valence-electron chi connectivity index (χ3n) is 1.77. The van der Waals surface area contributed by atoms with E-state index in [1.54, 1.807) is 18.2 Å². The zero-order chi connectivity index (χ0) is 11.5. The van der Waals surface area contributed by atoms with Crippen LogP contribution in [0.3, 0.4) is 0 Å². The monoisotopic (exact) mass is 218 g/mol. The molecule has 15 heavy (non-hydrogen) atoms. The van der Waals surface area contributed by atoms with Crippen LogP contribution in [0.1, 0.15) is 15.9 Å². The average Bonchev–Trinajstić information content (AvgIpc) is 2.15. The smallest absolute Gasteiger partial charge is 0.153 e. The van der Waals surface area contributed by atoms with Crippen molar-refractivity contribution in [3.63, 3.8) is 0 Å². The molecule has 0 fully saturated rings. The van der Waals surface area contributed by atoms with E-state index in [1.165, 1.54) is 0 Å². The molecule has 0 saturated heterocycles. The highest BCUT2D eigenvalue weighted by atomic mass is 28.3. The van der Waals surface area contributed by atoms with E-state index < -0.39 is 8.07 Å². The molecule has 2 nitrogen and oxygen atoms in total. The van der Waals surface area contributed by atoms with Gasteiger partial charge in [-0.1, -0.05) is 31.6 Å². The van der Waals surface area contributed by atoms with Crippen LogP contribution < -0.4 is 0 Å². The van der Waals surface area contributed by atoms with Gasteiger partial charge in [0.2, 0.25) is 0 Å². The van der Waals surface area contributed by atoms with Gasteiger partial charge in [-0.05, 0) is 12.1 Å². The van der Waals surface area contributed by atoms with E-state index in [9.17, 15) is 9.90 Å². The fourth-order valence-corrected chi connectivity index (χ4v) is 1.52. The summed E-state index contributed by atoms with van der Waals surface area (Å²) in [6.45, 7) is 6.38. The number of para-hydroxylation sites is 1. The maximum Gasteiger partial charge on any atom is 0.153 e. The summed E-state index contributed by atoms with van der Waals surface area (Å²) in [4.78, 5) is 10.6. The van der Waals surface area contributed by atoms with Crippen LogP contribution >= 0.6 is 0 Å². The number of aromatic hydroxyl groups is 1. The van der Waals surface area contributed by atoms with Crippen molar-refractivity contribution >= 4 is 14.4 Å². The first-order chi connectivity index (χ1) is 6.94. The van der Waals surface area contributed by atoms with E-state index in [4.69, 9.17) is 0 Å². The average molecular weight is 218 g/mol. The number of hydrogen-bond acceptors (Lipinski definition) is 2. The molecule has 0 bridgehead atoms. The lowest BCUT2D eigenvalue weighted by Crippen LogP contribution is -2.16. The Balaban J connectivity index is 3.15. The van der Waals surface area contributed by atoms with E-state index in [2.05, 4.69) is 31.1 Å². The first kappa shape index (κ1) is 11.5. The molecule has 0 saturated carbocycles. The zero-order valence-electron chi connectivity index (χ0n) is 9.16. The van der Waals surface area contributed by atoms with Gasteiger partial charge in [0, 0.05) is 0 Å². The van der Waals surface area contributed by atoms with Gasteiger partial charge in [-0.25, -0.2) is 0 Å². The highest BCUT2D eigenvalue weighted by Crippen LogP contribution is 2.19. The Bertz CT molecular complexity index is 433. The lowest BCUT2D eigenvalue weighted by Gasteiger charge is -2.04. The van der Waals surface area contributed by atoms with Crippen LogP contribution in [0.4, 0.5) is 0 Å². The van der Waals surface area contributed by atoms with Crippen molar-refractivity contribution in [2.45, 2.75) is 19.6 Å². The van der Waals surface area contributed by atoms with E-state index in [0.717, 1.165) is 0 Å². The van der Waals surface area contributed by atoms with Gasteiger partial charge in [0.1, 0.15) is 13.8 Å². The molecule has 1 N–H and O–H groups in total. The van der Waals surface area contributed by atoms with Crippen LogP contribution in [0.2, 0.25) is 19.6 Å². The molecule has 0 unspecified atom stereocenters. The predicted molar refractivity (Wildman–Crippen MR) is 63.7 cm³/mol. The first-order valence-electron chi connectivity index (χ1n) is 4.74. The second-order valence-electron chi connectivity index (χ2n) is 4.36. The zero-order valence-corrected chi connectivity index (χ0v) is 10.2. The van der Waals surface area contributed by atoms with Gasteiger partial charge < -0.3 is 5.11 Å². The molecule has 0 aromatic heterocycles. The lowest BCUT2D eigenvalue weighted by atomic mass is 10.1. The summed E-state index contributed by atoms with van der Waals surface area (Å²) in [6.07, 6.45) is 0.634. The van der Waals surface area contributed by atoms with Crippen LogP contribution in [0.15, 0.2) is 18.2 Å². The largest absolute Gasteiger partial charge is 0.506 e. The molecule has 1 rings (SSSR count). The van der Waals surface area contributed by atoms with Gasteiger partial charge >= 0.3 is 0 Å². The molecule has 0 spiro atoms. The van der Waals surface area contributed by atoms with Crippen LogP contribution in [-0.4, -0.2) is 19.5 Å². The highest BCUT2D eigenvalue weighted by molar-refractivity contribution is 6.83. The van der Waals surface area contributed by atoms with Crippen LogP contribution in [0, 0.1) is 11.5 Å². The van der Waals surface area contributed by atoms with E-state index in [-0.39, 0.29) is 11.3 Å². The minimum Gasteiger partial charge on any atom is -0.506 e. The summed E-state index contributed by atoms with van der Waals surface area (Å²) in [5.41, 5.74) is 3.96. The van der Waals surface area contributed by atoms with Crippen molar-refractivity contribution in [2.75, 3.05) is 0 Å². The fourth-order valence-electron chi connectivity index (χ4n) is 1.01. The molecule has 1 aromatic carbocycles. The van der Waals surface area contributed by atoms with Crippen molar-refractivity contribution in [3.8, 4) is 17.2 Å². The number of rotatable bonds is 1. The van der Waals surface area contributed by atoms with Crippen LogP contribution in [0.25, 0.3) is 0 Å². The number of carbonyl (C=O) groups excluding carboxylic acids is 1. The van der Waals surface area contributed by atoms with E-state index in [0.29, 0.717) is 11.8 Å². The van der Waals surface area contributed by atoms with Gasteiger partial charge in [0.25, 0.3) is 0 Å². The van der Waals surface area contributed by atoms with Crippen LogP contribution in [-0.2, 0) is 0 Å². The molecular formula is C12H14O2Si. The Hall–Kier alpha value is -1.53. The molecule has 0 heterocycles. The molecule has 0 atom stereocenters. The number of phenols is 1. The number of aldehydes is 1. The third-order valence-corrected chi connectivity index (χ3v) is 2.64. The molecule has 0 aliphatic rings. The molecule has 0 radical (unpaired) electrons. The van der Waals surface area contributed by atoms with Gasteiger partial charge in [-0.2, -0.15) is 0 Å². The summed E-state index contributed by atoms with van der Waals surface area (Å²) >= 11 is 0. The number of benzene rings is 1. The molecule has 3 heteroatoms. The molecular weight excluding hydrogens is 204 g/mol. The standard InChI is InChI=1S/C12H14O2Si/c1-15(2,3)8-7-10-5-4-6-11(9-13)12(10)14/h4-6,9,14H,1-3H3. The number of carbonyl (C=O) groups is 1. The summed E-state index contributed by atoms with van der Waals surface area (Å²) in [7, 11) is -1.45. The topological polar surface area (TPSA) is 37.3 Å². The summed E-state index contributed by atoms with van der Waals surface area (Å²) < 4.78 is 0. The minimum absolute atomic E-state index is 0.0155. The number of hydrogen-bond donors (Lipinski definition) is 1. The van der Waals surface area contributed by atoms with E-state index >= 15 is 0 Å². The molecule has 0 aliphatic carbocycles. The molecule has 1 aromatic rings. The first-order valence-corrected chi connectivity index (χ1v) is 8.24. The summed E-state index contributed by atoms with van der Waals surface area (Å²) in [5, 5.41) is 9.67. The fraction of sp³-hybridized carbons (Fsp3) is 0.250. The van der Waals surface area contributed by atoms with Crippen molar-refractivity contribution in [1.82, 2.24) is 0 Å². The molecule has 0 amide bonds. The van der Waals surface area contributed by atoms with Crippen LogP contribution in [0.5, 0.6) is 5.75 Å². The Morgan fingerprint density at radius 3 is 2.53 bits per heavy atom. The highest BCUT2D eigenvalue weighted by Gasteiger charge is 2.09. The minimum atomic E-state index is -1.45. The maximum absolute atomic E-state index is 10.6. The van der Waals surface area contributed by atoms with Crippen molar-refractivity contribution in [2.24, 2.45) is 0 Å². The van der Waals surface area contributed by atoms with Gasteiger partial charge in [0.05, 0.1) is 11.1 Å². The molecule has 0 aliphatic heterocycles. The van der Waals surface area contributed by atoms with Crippen molar-refractivity contribution in [1.29, 1.82) is 0 Å². The SMILES string of the molecule is C[Si](C)(C)C#Cc1cccc(C=O)c1O. The normalized spacial score (nSPS) is 10.3. The molecule has 78 valence electrons. The second-order valence-corrected chi connectivity index (χ2v) is 9.11. The van der Waals surface area contributed by atoms with E-state index in [1.807, 2.05) is 0 Å². The second kappa shape index (κ2) is 4.33. The van der Waals surface area contributed by atoms with Gasteiger partial charge in [0.15, 0.2) is 6.29 Å². The Morgan fingerprint density at radius 1 is 1.33 bits per heavy atom. The quantitative estimate of drug-likeness (QED) is 0.446. The maximum atomic E-state index is 10.6. The third kappa shape index (κ3) is 3.26. The van der Waals surface area contributed by atoms with Gasteiger partial charge in [-0.15, -0.1) is 5.54 Å². The Labute approximate surface area is 91.0 Å². The summed E-state index contributed by atoms with van der Waals surface area (Å²) in [5.74, 6) is 2.91. The van der Waals surface area contributed by atoms with Gasteiger partial charge in [-0.3, -0.25) is 4.79 Å². The Morgan fingerprint density at radius 2 is 2.00 bits per heavy atom. The lowest BCUT2D eigenvalue weighted by molar-refractivity contribution is 0.112. The van der Waals surface area contributed by atoms with Crippen molar-refractivity contribution in [3.05, 3.63) is 29.3 Å². The summed E-state index contributed by atoms with van der Waals surface area (Å²) in [6, 6.07) is 5.01. The van der Waals surface area contributed by atoms with Crippen molar-refractivity contribution < 1.29 is 9.90 Å². The predicted octanol–water partition coefficient (Wildman–Crippen LogP) is 2.43.